The highest BCUT2D eigenvalue weighted by Gasteiger charge is 2.18. The second kappa shape index (κ2) is 9.85. The maximum absolute atomic E-state index is 12.7. The van der Waals surface area contributed by atoms with Gasteiger partial charge in [-0.1, -0.05) is 23.4 Å². The number of carbonyl (C=O) groups is 1. The fourth-order valence-corrected chi connectivity index (χ4v) is 4.07. The summed E-state index contributed by atoms with van der Waals surface area (Å²) in [6, 6.07) is 20.2. The fraction of sp³-hybridized carbons (Fsp3) is 0.0870. The number of nitro benzene ring substituents is 1. The van der Waals surface area contributed by atoms with Crippen LogP contribution in [-0.4, -0.2) is 38.3 Å². The molecule has 0 aliphatic heterocycles. The Kier molecular flexibility index (Phi) is 6.71. The number of Topliss-reactive ketones (excluding diaryl/α,β-unsaturated/α-hetero) is 1. The first-order chi connectivity index (χ1) is 16.0. The molecule has 10 heteroatoms. The molecule has 4 aromatic rings. The average molecular weight is 481 g/mol. The lowest BCUT2D eigenvalue weighted by molar-refractivity contribution is -0.384. The number of methoxy groups -OCH3 is 1. The van der Waals surface area contributed by atoms with Crippen LogP contribution in [0.1, 0.15) is 10.4 Å². The Morgan fingerprint density at radius 1 is 1.03 bits per heavy atom. The molecule has 0 radical (unpaired) electrons. The third kappa shape index (κ3) is 5.05. The molecule has 1 aromatic heterocycles. The SMILES string of the molecule is COc1ccc(-c2nnc(SCC(=O)c3ccc([N+](=O)[O-])cc3)n2-c2ccc(Cl)cc2)cc1. The summed E-state index contributed by atoms with van der Waals surface area (Å²) in [5.74, 6) is 1.24. The summed E-state index contributed by atoms with van der Waals surface area (Å²) in [7, 11) is 1.60. The third-order valence-corrected chi connectivity index (χ3v) is 5.98. The van der Waals surface area contributed by atoms with E-state index in [0.29, 0.717) is 21.6 Å². The largest absolute Gasteiger partial charge is 0.497 e. The summed E-state index contributed by atoms with van der Waals surface area (Å²) in [4.78, 5) is 23.0. The number of aromatic nitrogens is 3. The zero-order valence-corrected chi connectivity index (χ0v) is 18.9. The Bertz CT molecular complexity index is 1290. The van der Waals surface area contributed by atoms with Gasteiger partial charge in [-0.25, -0.2) is 0 Å². The molecule has 4 rings (SSSR count). The van der Waals surface area contributed by atoms with Gasteiger partial charge < -0.3 is 4.74 Å². The Morgan fingerprint density at radius 2 is 1.70 bits per heavy atom. The van der Waals surface area contributed by atoms with Crippen LogP contribution in [0.5, 0.6) is 5.75 Å². The molecule has 0 fully saturated rings. The fourth-order valence-electron chi connectivity index (χ4n) is 3.10. The molecule has 8 nitrogen and oxygen atoms in total. The van der Waals surface area contributed by atoms with Crippen molar-refractivity contribution in [2.24, 2.45) is 0 Å². The van der Waals surface area contributed by atoms with Crippen molar-refractivity contribution in [1.82, 2.24) is 14.8 Å². The lowest BCUT2D eigenvalue weighted by Gasteiger charge is -2.11. The van der Waals surface area contributed by atoms with E-state index in [0.717, 1.165) is 17.0 Å². The van der Waals surface area contributed by atoms with Gasteiger partial charge in [0.15, 0.2) is 16.8 Å². The van der Waals surface area contributed by atoms with Gasteiger partial charge in [0, 0.05) is 34.0 Å². The van der Waals surface area contributed by atoms with E-state index in [1.165, 1.54) is 36.0 Å². The van der Waals surface area contributed by atoms with Crippen molar-refractivity contribution in [1.29, 1.82) is 0 Å². The highest BCUT2D eigenvalue weighted by molar-refractivity contribution is 7.99. The molecule has 33 heavy (non-hydrogen) atoms. The Hall–Kier alpha value is -3.69. The van der Waals surface area contributed by atoms with Crippen molar-refractivity contribution >= 4 is 34.8 Å². The maximum atomic E-state index is 12.7. The molecule has 0 aliphatic rings. The first-order valence-electron chi connectivity index (χ1n) is 9.72. The quantitative estimate of drug-likeness (QED) is 0.142. The predicted octanol–water partition coefficient (Wildman–Crippen LogP) is 5.48. The number of hydrogen-bond donors (Lipinski definition) is 0. The van der Waals surface area contributed by atoms with Gasteiger partial charge in [-0.05, 0) is 60.7 Å². The minimum absolute atomic E-state index is 0.0641. The molecule has 0 aliphatic carbocycles. The molecule has 0 spiro atoms. The second-order valence-electron chi connectivity index (χ2n) is 6.86. The van der Waals surface area contributed by atoms with Crippen LogP contribution in [0.4, 0.5) is 5.69 Å². The lowest BCUT2D eigenvalue weighted by Crippen LogP contribution is -2.05. The monoisotopic (exact) mass is 480 g/mol. The van der Waals surface area contributed by atoms with Crippen molar-refractivity contribution in [3.63, 3.8) is 0 Å². The summed E-state index contributed by atoms with van der Waals surface area (Å²) in [5.41, 5.74) is 1.94. The van der Waals surface area contributed by atoms with Crippen molar-refractivity contribution in [3.8, 4) is 22.8 Å². The number of thioether (sulfide) groups is 1. The standard InChI is InChI=1S/C23H17ClN4O4S/c1-32-20-12-4-16(5-13-20)22-25-26-23(27(22)18-10-6-17(24)7-11-18)33-14-21(29)15-2-8-19(9-3-15)28(30)31/h2-13H,14H2,1H3. The molecular weight excluding hydrogens is 464 g/mol. The highest BCUT2D eigenvalue weighted by atomic mass is 35.5. The number of rotatable bonds is 8. The molecule has 0 amide bonds. The smallest absolute Gasteiger partial charge is 0.269 e. The molecule has 166 valence electrons. The number of ether oxygens (including phenoxy) is 1. The Labute approximate surface area is 198 Å². The van der Waals surface area contributed by atoms with E-state index in [2.05, 4.69) is 10.2 Å². The molecular formula is C23H17ClN4O4S. The predicted molar refractivity (Wildman–Crippen MR) is 127 cm³/mol. The van der Waals surface area contributed by atoms with Gasteiger partial charge in [-0.3, -0.25) is 19.5 Å². The molecule has 0 saturated heterocycles. The van der Waals surface area contributed by atoms with Crippen LogP contribution >= 0.6 is 23.4 Å². The number of hydrogen-bond acceptors (Lipinski definition) is 7. The number of ketones is 1. The summed E-state index contributed by atoms with van der Waals surface area (Å²) >= 11 is 7.29. The van der Waals surface area contributed by atoms with Gasteiger partial charge in [0.2, 0.25) is 0 Å². The van der Waals surface area contributed by atoms with E-state index < -0.39 is 4.92 Å². The topological polar surface area (TPSA) is 100 Å². The molecule has 1 heterocycles. The van der Waals surface area contributed by atoms with Crippen LogP contribution in [0, 0.1) is 10.1 Å². The van der Waals surface area contributed by atoms with Crippen LogP contribution < -0.4 is 4.74 Å². The first-order valence-corrected chi connectivity index (χ1v) is 11.1. The zero-order chi connectivity index (χ0) is 23.4. The summed E-state index contributed by atoms with van der Waals surface area (Å²) in [5, 5.41) is 20.6. The molecule has 0 unspecified atom stereocenters. The normalized spacial score (nSPS) is 10.7. The summed E-state index contributed by atoms with van der Waals surface area (Å²) < 4.78 is 7.08. The average Bonchev–Trinajstić information content (AvgIpc) is 3.27. The number of non-ortho nitro benzene ring substituents is 1. The van der Waals surface area contributed by atoms with E-state index in [4.69, 9.17) is 16.3 Å². The molecule has 0 bridgehead atoms. The van der Waals surface area contributed by atoms with Crippen LogP contribution in [0.25, 0.3) is 17.1 Å². The number of halogens is 1. The van der Waals surface area contributed by atoms with Gasteiger partial charge in [0.1, 0.15) is 5.75 Å². The van der Waals surface area contributed by atoms with Crippen LogP contribution in [0.15, 0.2) is 78.0 Å². The van der Waals surface area contributed by atoms with Gasteiger partial charge in [0.05, 0.1) is 17.8 Å². The van der Waals surface area contributed by atoms with Crippen LogP contribution in [0.2, 0.25) is 5.02 Å². The minimum Gasteiger partial charge on any atom is -0.497 e. The third-order valence-electron chi connectivity index (χ3n) is 4.80. The molecule has 0 saturated carbocycles. The number of nitrogens with zero attached hydrogens (tertiary/aromatic N) is 4. The van der Waals surface area contributed by atoms with E-state index >= 15 is 0 Å². The maximum Gasteiger partial charge on any atom is 0.269 e. The molecule has 3 aromatic carbocycles. The van der Waals surface area contributed by atoms with E-state index in [1.54, 1.807) is 19.2 Å². The highest BCUT2D eigenvalue weighted by Crippen LogP contribution is 2.30. The van der Waals surface area contributed by atoms with E-state index in [9.17, 15) is 14.9 Å². The van der Waals surface area contributed by atoms with Gasteiger partial charge in [0.25, 0.3) is 5.69 Å². The number of benzene rings is 3. The number of nitro groups is 1. The summed E-state index contributed by atoms with van der Waals surface area (Å²) in [6.07, 6.45) is 0. The molecule has 0 N–H and O–H groups in total. The Morgan fingerprint density at radius 3 is 2.30 bits per heavy atom. The van der Waals surface area contributed by atoms with Crippen molar-refractivity contribution < 1.29 is 14.5 Å². The zero-order valence-electron chi connectivity index (χ0n) is 17.3. The molecule has 0 atom stereocenters. The summed E-state index contributed by atoms with van der Waals surface area (Å²) in [6.45, 7) is 0. The number of carbonyl (C=O) groups excluding carboxylic acids is 1. The van der Waals surface area contributed by atoms with Crippen molar-refractivity contribution in [2.75, 3.05) is 12.9 Å². The minimum atomic E-state index is -0.502. The lowest BCUT2D eigenvalue weighted by atomic mass is 10.1. The second-order valence-corrected chi connectivity index (χ2v) is 8.24. The van der Waals surface area contributed by atoms with Crippen LogP contribution in [-0.2, 0) is 0 Å². The van der Waals surface area contributed by atoms with Crippen molar-refractivity contribution in [2.45, 2.75) is 5.16 Å². The van der Waals surface area contributed by atoms with Gasteiger partial charge >= 0.3 is 0 Å². The van der Waals surface area contributed by atoms with E-state index in [-0.39, 0.29) is 17.2 Å². The first kappa shape index (κ1) is 22.5. The van der Waals surface area contributed by atoms with Crippen molar-refractivity contribution in [3.05, 3.63) is 93.5 Å². The van der Waals surface area contributed by atoms with E-state index in [1.807, 2.05) is 41.0 Å². The Balaban J connectivity index is 1.63. The van der Waals surface area contributed by atoms with Crippen LogP contribution in [0.3, 0.4) is 0 Å². The van der Waals surface area contributed by atoms with Gasteiger partial charge in [-0.2, -0.15) is 0 Å². The van der Waals surface area contributed by atoms with Gasteiger partial charge in [-0.15, -0.1) is 10.2 Å².